The number of thioether (sulfide) groups is 1. The molecule has 1 atom stereocenters. The second kappa shape index (κ2) is 9.35. The summed E-state index contributed by atoms with van der Waals surface area (Å²) in [5.41, 5.74) is -0.962. The Morgan fingerprint density at radius 2 is 1.77 bits per heavy atom. The van der Waals surface area contributed by atoms with Crippen LogP contribution in [0.25, 0.3) is 0 Å². The number of aromatic nitrogens is 1. The molecule has 0 saturated carbocycles. The van der Waals surface area contributed by atoms with E-state index in [0.29, 0.717) is 6.20 Å². The van der Waals surface area contributed by atoms with Crippen molar-refractivity contribution in [3.8, 4) is 0 Å². The molecule has 1 amide bonds. The average molecular weight is 494 g/mol. The van der Waals surface area contributed by atoms with Crippen LogP contribution in [0.4, 0.5) is 13.2 Å². The molecule has 0 bridgehead atoms. The fourth-order valence-corrected chi connectivity index (χ4v) is 5.65. The van der Waals surface area contributed by atoms with Crippen LogP contribution < -0.4 is 0 Å². The van der Waals surface area contributed by atoms with Gasteiger partial charge in [-0.1, -0.05) is 41.6 Å². The van der Waals surface area contributed by atoms with Gasteiger partial charge in [-0.25, -0.2) is 13.4 Å². The fraction of sp³-hybridized carbons (Fsp3) is 0.368. The molecule has 1 saturated heterocycles. The van der Waals surface area contributed by atoms with Gasteiger partial charge in [-0.3, -0.25) is 4.79 Å². The van der Waals surface area contributed by atoms with Crippen LogP contribution >= 0.6 is 23.4 Å². The third kappa shape index (κ3) is 5.51. The molecule has 3 rings (SSSR count). The van der Waals surface area contributed by atoms with E-state index in [4.69, 9.17) is 11.6 Å². The molecule has 1 aromatic heterocycles. The summed E-state index contributed by atoms with van der Waals surface area (Å²) in [6.45, 7) is 2.34. The largest absolute Gasteiger partial charge is 0.417 e. The number of piperazine rings is 1. The van der Waals surface area contributed by atoms with E-state index in [9.17, 15) is 26.4 Å². The zero-order chi connectivity index (χ0) is 22.8. The SMILES string of the molecule is C[C@H](Sc1ncc(C(F)(F)F)cc1Cl)C(=O)N1CCN(S(=O)(=O)c2ccccc2)CC1. The third-order valence-electron chi connectivity index (χ3n) is 4.70. The van der Waals surface area contributed by atoms with E-state index in [1.807, 2.05) is 0 Å². The van der Waals surface area contributed by atoms with Crippen molar-refractivity contribution in [1.82, 2.24) is 14.2 Å². The van der Waals surface area contributed by atoms with Crippen LogP contribution in [0.15, 0.2) is 52.5 Å². The number of pyridine rings is 1. The van der Waals surface area contributed by atoms with E-state index in [1.54, 1.807) is 25.1 Å². The van der Waals surface area contributed by atoms with Gasteiger partial charge in [-0.15, -0.1) is 0 Å². The van der Waals surface area contributed by atoms with E-state index in [1.165, 1.54) is 21.3 Å². The molecular weight excluding hydrogens is 475 g/mol. The number of carbonyl (C=O) groups excluding carboxylic acids is 1. The highest BCUT2D eigenvalue weighted by Gasteiger charge is 2.33. The Labute approximate surface area is 187 Å². The Morgan fingerprint density at radius 1 is 1.16 bits per heavy atom. The van der Waals surface area contributed by atoms with Gasteiger partial charge in [0.1, 0.15) is 5.03 Å². The quantitative estimate of drug-likeness (QED) is 0.593. The van der Waals surface area contributed by atoms with Crippen molar-refractivity contribution < 1.29 is 26.4 Å². The molecule has 31 heavy (non-hydrogen) atoms. The Bertz CT molecular complexity index is 1040. The number of benzene rings is 1. The smallest absolute Gasteiger partial charge is 0.339 e. The first-order valence-corrected chi connectivity index (χ1v) is 11.9. The number of sulfonamides is 1. The van der Waals surface area contributed by atoms with Gasteiger partial charge in [0.05, 0.1) is 20.7 Å². The van der Waals surface area contributed by atoms with Crippen molar-refractivity contribution >= 4 is 39.3 Å². The summed E-state index contributed by atoms with van der Waals surface area (Å²) in [5.74, 6) is -0.264. The van der Waals surface area contributed by atoms with Crippen LogP contribution in [0.1, 0.15) is 12.5 Å². The molecule has 1 fully saturated rings. The summed E-state index contributed by atoms with van der Waals surface area (Å²) >= 11 is 6.88. The number of hydrogen-bond donors (Lipinski definition) is 0. The standard InChI is InChI=1S/C19H19ClF3N3O3S2/c1-13(30-17-16(20)11-14(12-24-17)19(21,22)23)18(27)25-7-9-26(10-8-25)31(28,29)15-5-3-2-4-6-15/h2-6,11-13H,7-10H2,1H3/t13-/m0/s1. The first-order valence-electron chi connectivity index (χ1n) is 9.23. The molecule has 12 heteroatoms. The fourth-order valence-electron chi connectivity index (χ4n) is 3.03. The van der Waals surface area contributed by atoms with Gasteiger partial charge >= 0.3 is 6.18 Å². The van der Waals surface area contributed by atoms with Gasteiger partial charge in [0, 0.05) is 32.4 Å². The molecule has 2 heterocycles. The first-order chi connectivity index (χ1) is 14.5. The Hall–Kier alpha value is -1.82. The minimum Gasteiger partial charge on any atom is -0.339 e. The van der Waals surface area contributed by atoms with E-state index in [-0.39, 0.29) is 47.0 Å². The topological polar surface area (TPSA) is 70.6 Å². The Balaban J connectivity index is 1.61. The zero-order valence-electron chi connectivity index (χ0n) is 16.3. The monoisotopic (exact) mass is 493 g/mol. The van der Waals surface area contributed by atoms with E-state index < -0.39 is 27.0 Å². The maximum atomic E-state index is 12.8. The second-order valence-electron chi connectivity index (χ2n) is 6.81. The summed E-state index contributed by atoms with van der Waals surface area (Å²) in [4.78, 5) is 18.2. The molecule has 0 N–H and O–H groups in total. The number of hydrogen-bond acceptors (Lipinski definition) is 5. The third-order valence-corrected chi connectivity index (χ3v) is 8.12. The van der Waals surface area contributed by atoms with Crippen molar-refractivity contribution in [3.63, 3.8) is 0 Å². The lowest BCUT2D eigenvalue weighted by atomic mass is 10.3. The lowest BCUT2D eigenvalue weighted by Gasteiger charge is -2.35. The summed E-state index contributed by atoms with van der Waals surface area (Å²) in [6.07, 6.45) is -3.88. The van der Waals surface area contributed by atoms with Gasteiger partial charge in [0.25, 0.3) is 0 Å². The predicted molar refractivity (Wildman–Crippen MR) is 111 cm³/mol. The molecule has 2 aromatic rings. The van der Waals surface area contributed by atoms with Crippen molar-refractivity contribution in [1.29, 1.82) is 0 Å². The first kappa shape index (κ1) is 23.8. The number of rotatable bonds is 5. The number of nitrogens with zero attached hydrogens (tertiary/aromatic N) is 3. The lowest BCUT2D eigenvalue weighted by Crippen LogP contribution is -2.52. The maximum absolute atomic E-state index is 12.8. The molecule has 6 nitrogen and oxygen atoms in total. The molecule has 0 unspecified atom stereocenters. The number of amides is 1. The highest BCUT2D eigenvalue weighted by Crippen LogP contribution is 2.35. The maximum Gasteiger partial charge on any atom is 0.417 e. The minimum absolute atomic E-state index is 0.126. The van der Waals surface area contributed by atoms with Crippen LogP contribution in [0, 0.1) is 0 Å². The van der Waals surface area contributed by atoms with Crippen LogP contribution in [-0.4, -0.2) is 59.9 Å². The van der Waals surface area contributed by atoms with Gasteiger partial charge in [-0.2, -0.15) is 17.5 Å². The van der Waals surface area contributed by atoms with Crippen molar-refractivity contribution in [2.45, 2.75) is 28.3 Å². The molecule has 1 aromatic carbocycles. The van der Waals surface area contributed by atoms with E-state index in [0.717, 1.165) is 17.8 Å². The van der Waals surface area contributed by atoms with E-state index in [2.05, 4.69) is 4.98 Å². The highest BCUT2D eigenvalue weighted by molar-refractivity contribution is 8.00. The molecule has 1 aliphatic heterocycles. The molecule has 0 spiro atoms. The zero-order valence-corrected chi connectivity index (χ0v) is 18.7. The van der Waals surface area contributed by atoms with Crippen molar-refractivity contribution in [2.24, 2.45) is 0 Å². The summed E-state index contributed by atoms with van der Waals surface area (Å²) < 4.78 is 64.9. The normalized spacial score (nSPS) is 16.9. The number of carbonyl (C=O) groups is 1. The summed E-state index contributed by atoms with van der Waals surface area (Å²) in [7, 11) is -3.63. The van der Waals surface area contributed by atoms with Crippen molar-refractivity contribution in [3.05, 3.63) is 53.2 Å². The Morgan fingerprint density at radius 3 is 2.32 bits per heavy atom. The van der Waals surface area contributed by atoms with Gasteiger partial charge < -0.3 is 4.90 Å². The van der Waals surface area contributed by atoms with E-state index >= 15 is 0 Å². The van der Waals surface area contributed by atoms with Gasteiger partial charge in [0.15, 0.2) is 0 Å². The minimum atomic E-state index is -4.55. The van der Waals surface area contributed by atoms with Gasteiger partial charge in [-0.05, 0) is 25.1 Å². The Kier molecular flexibility index (Phi) is 7.19. The molecule has 1 aliphatic rings. The molecule has 168 valence electrons. The predicted octanol–water partition coefficient (Wildman–Crippen LogP) is 3.77. The van der Waals surface area contributed by atoms with Gasteiger partial charge in [0.2, 0.25) is 15.9 Å². The second-order valence-corrected chi connectivity index (χ2v) is 10.5. The highest BCUT2D eigenvalue weighted by atomic mass is 35.5. The molecular formula is C19H19ClF3N3O3S2. The van der Waals surface area contributed by atoms with Crippen LogP contribution in [0.5, 0.6) is 0 Å². The van der Waals surface area contributed by atoms with Crippen LogP contribution in [0.3, 0.4) is 0 Å². The van der Waals surface area contributed by atoms with Crippen LogP contribution in [-0.2, 0) is 21.0 Å². The number of alkyl halides is 3. The summed E-state index contributed by atoms with van der Waals surface area (Å²) in [6, 6.07) is 8.84. The van der Waals surface area contributed by atoms with Crippen LogP contribution in [0.2, 0.25) is 5.02 Å². The number of halogens is 4. The average Bonchev–Trinajstić information content (AvgIpc) is 2.74. The molecule has 0 radical (unpaired) electrons. The lowest BCUT2D eigenvalue weighted by molar-refractivity contribution is -0.138. The summed E-state index contributed by atoms with van der Waals surface area (Å²) in [5, 5.41) is -0.710. The molecule has 0 aliphatic carbocycles. The van der Waals surface area contributed by atoms with Crippen molar-refractivity contribution in [2.75, 3.05) is 26.2 Å².